The highest BCUT2D eigenvalue weighted by Crippen LogP contribution is 2.39. The normalized spacial score (nSPS) is 18.5. The number of nitrogens with zero attached hydrogens (tertiary/aromatic N) is 2. The number of halogens is 1. The van der Waals surface area contributed by atoms with E-state index in [1.54, 1.807) is 0 Å². The summed E-state index contributed by atoms with van der Waals surface area (Å²) in [5.41, 5.74) is 0.440. The second-order valence-corrected chi connectivity index (χ2v) is 9.50. The van der Waals surface area contributed by atoms with E-state index in [1.165, 1.54) is 74.6 Å². The number of Topliss-reactive ketones (excluding diaryl/α,β-unsaturated/α-hetero) is 1. The van der Waals surface area contributed by atoms with E-state index in [-0.39, 0.29) is 29.2 Å². The maximum Gasteiger partial charge on any atom is 0.295 e. The number of rotatable bonds is 7. The van der Waals surface area contributed by atoms with Crippen LogP contribution in [0, 0.1) is 5.82 Å². The third-order valence-corrected chi connectivity index (χ3v) is 7.00. The summed E-state index contributed by atoms with van der Waals surface area (Å²) in [5.74, 6) is -2.64. The molecule has 2 aromatic carbocycles. The Morgan fingerprint density at radius 1 is 1.09 bits per heavy atom. The molecule has 0 aromatic heterocycles. The Bertz CT molecular complexity index is 1160. The fourth-order valence-corrected chi connectivity index (χ4v) is 4.34. The molecule has 170 valence electrons. The van der Waals surface area contributed by atoms with E-state index >= 15 is 0 Å². The van der Waals surface area contributed by atoms with Crippen molar-refractivity contribution in [3.8, 4) is 0 Å². The van der Waals surface area contributed by atoms with Crippen LogP contribution >= 0.6 is 0 Å². The van der Waals surface area contributed by atoms with Gasteiger partial charge in [-0.2, -0.15) is 0 Å². The molecule has 1 atom stereocenters. The number of ketones is 1. The minimum absolute atomic E-state index is 0.00896. The van der Waals surface area contributed by atoms with Gasteiger partial charge in [0.15, 0.2) is 0 Å². The number of benzene rings is 2. The third-order valence-electron chi connectivity index (χ3n) is 5.17. The maximum absolute atomic E-state index is 13.5. The second kappa shape index (κ2) is 9.19. The van der Waals surface area contributed by atoms with Crippen molar-refractivity contribution < 1.29 is 32.2 Å². The highest BCUT2D eigenvalue weighted by atomic mass is 32.2. The van der Waals surface area contributed by atoms with Gasteiger partial charge in [0.05, 0.1) is 23.1 Å². The van der Waals surface area contributed by atoms with Gasteiger partial charge >= 0.3 is 0 Å². The molecule has 0 radical (unpaired) electrons. The molecule has 1 aliphatic heterocycles. The molecule has 3 rings (SSSR count). The van der Waals surface area contributed by atoms with Crippen LogP contribution in [0.1, 0.15) is 17.2 Å². The Morgan fingerprint density at radius 3 is 2.22 bits per heavy atom. The van der Waals surface area contributed by atoms with Crippen molar-refractivity contribution in [1.82, 2.24) is 9.21 Å². The molecule has 0 aliphatic carbocycles. The molecule has 0 saturated carbocycles. The highest BCUT2D eigenvalue weighted by molar-refractivity contribution is 7.89. The summed E-state index contributed by atoms with van der Waals surface area (Å²) < 4.78 is 44.1. The van der Waals surface area contributed by atoms with Crippen molar-refractivity contribution in [2.24, 2.45) is 0 Å². The van der Waals surface area contributed by atoms with E-state index in [0.717, 1.165) is 4.31 Å². The molecule has 1 aliphatic rings. The van der Waals surface area contributed by atoms with Crippen LogP contribution in [-0.2, 0) is 24.3 Å². The van der Waals surface area contributed by atoms with Crippen molar-refractivity contribution in [2.75, 3.05) is 34.4 Å². The zero-order chi connectivity index (χ0) is 23.6. The summed E-state index contributed by atoms with van der Waals surface area (Å²) in [4.78, 5) is 26.8. The highest BCUT2D eigenvalue weighted by Gasteiger charge is 2.45. The fourth-order valence-electron chi connectivity index (χ4n) is 3.44. The topological polar surface area (TPSA) is 104 Å². The van der Waals surface area contributed by atoms with Crippen LogP contribution in [0.2, 0.25) is 0 Å². The summed E-state index contributed by atoms with van der Waals surface area (Å²) in [5, 5.41) is 11.0. The number of carbonyl (C=O) groups is 2. The van der Waals surface area contributed by atoms with Crippen molar-refractivity contribution in [2.45, 2.75) is 10.9 Å². The lowest BCUT2D eigenvalue weighted by molar-refractivity contribution is -0.140. The maximum atomic E-state index is 13.5. The average molecular weight is 462 g/mol. The van der Waals surface area contributed by atoms with Crippen LogP contribution in [0.4, 0.5) is 4.39 Å². The molecule has 1 heterocycles. The van der Waals surface area contributed by atoms with Crippen molar-refractivity contribution in [3.63, 3.8) is 0 Å². The van der Waals surface area contributed by atoms with E-state index < -0.39 is 39.3 Å². The predicted octanol–water partition coefficient (Wildman–Crippen LogP) is 2.14. The first-order valence-electron chi connectivity index (χ1n) is 9.65. The van der Waals surface area contributed by atoms with Gasteiger partial charge in [-0.15, -0.1) is 0 Å². The van der Waals surface area contributed by atoms with Crippen LogP contribution < -0.4 is 0 Å². The lowest BCUT2D eigenvalue weighted by atomic mass is 9.95. The number of ether oxygens (including phenoxy) is 1. The number of hydrogen-bond acceptors (Lipinski definition) is 6. The quantitative estimate of drug-likeness (QED) is 0.384. The molecule has 1 saturated heterocycles. The fraction of sp³-hybridized carbons (Fsp3) is 0.273. The molecule has 1 N–H and O–H groups in total. The van der Waals surface area contributed by atoms with E-state index in [0.29, 0.717) is 5.56 Å². The molecule has 8 nitrogen and oxygen atoms in total. The number of likely N-dealkylation sites (tertiary alicyclic amines) is 1. The molecular weight excluding hydrogens is 439 g/mol. The van der Waals surface area contributed by atoms with E-state index in [2.05, 4.69) is 0 Å². The number of amides is 1. The Labute approximate surface area is 185 Å². The first-order chi connectivity index (χ1) is 15.1. The molecule has 1 amide bonds. The molecule has 2 aromatic rings. The number of aliphatic hydroxyl groups excluding tert-OH is 1. The molecule has 0 spiro atoms. The second-order valence-electron chi connectivity index (χ2n) is 7.35. The van der Waals surface area contributed by atoms with Crippen LogP contribution in [0.3, 0.4) is 0 Å². The first-order valence-corrected chi connectivity index (χ1v) is 11.1. The Kier molecular flexibility index (Phi) is 6.77. The molecule has 1 unspecified atom stereocenters. The van der Waals surface area contributed by atoms with Gasteiger partial charge in [-0.3, -0.25) is 9.59 Å². The Hall–Kier alpha value is -3.08. The monoisotopic (exact) mass is 462 g/mol. The largest absolute Gasteiger partial charge is 0.507 e. The number of hydrogen-bond donors (Lipinski definition) is 1. The van der Waals surface area contributed by atoms with E-state index in [4.69, 9.17) is 4.74 Å². The standard InChI is InChI=1S/C22H23FN2O6S/c1-24(2)32(29,30)17-10-6-15(7-11-17)20(26)18-19(14-4-8-16(23)9-5-14)25(12-13-31-3)22(28)21(18)27/h4-11,19,26H,12-13H2,1-3H3/b20-18+. The number of carbonyl (C=O) groups excluding carboxylic acids is 2. The summed E-state index contributed by atoms with van der Waals surface area (Å²) in [6, 6.07) is 9.65. The summed E-state index contributed by atoms with van der Waals surface area (Å²) in [6.45, 7) is 0.238. The van der Waals surface area contributed by atoms with E-state index in [9.17, 15) is 27.5 Å². The molecule has 1 fully saturated rings. The Balaban J connectivity index is 2.11. The van der Waals surface area contributed by atoms with Gasteiger partial charge in [0.2, 0.25) is 10.0 Å². The van der Waals surface area contributed by atoms with Crippen molar-refractivity contribution in [3.05, 3.63) is 71.0 Å². The average Bonchev–Trinajstić information content (AvgIpc) is 3.02. The molecule has 10 heteroatoms. The lowest BCUT2D eigenvalue weighted by Crippen LogP contribution is -2.32. The predicted molar refractivity (Wildman–Crippen MR) is 115 cm³/mol. The van der Waals surface area contributed by atoms with Crippen LogP contribution in [0.25, 0.3) is 5.76 Å². The lowest BCUT2D eigenvalue weighted by Gasteiger charge is -2.25. The molecule has 32 heavy (non-hydrogen) atoms. The summed E-state index contributed by atoms with van der Waals surface area (Å²) >= 11 is 0. The van der Waals surface area contributed by atoms with Gasteiger partial charge in [0, 0.05) is 33.3 Å². The van der Waals surface area contributed by atoms with Gasteiger partial charge in [0.25, 0.3) is 11.7 Å². The van der Waals surface area contributed by atoms with Crippen molar-refractivity contribution >= 4 is 27.5 Å². The first kappa shape index (κ1) is 23.6. The van der Waals surface area contributed by atoms with Gasteiger partial charge in [-0.05, 0) is 42.0 Å². The van der Waals surface area contributed by atoms with Gasteiger partial charge in [-0.1, -0.05) is 12.1 Å². The van der Waals surface area contributed by atoms with Gasteiger partial charge in [0.1, 0.15) is 11.6 Å². The third kappa shape index (κ3) is 4.29. The zero-order valence-electron chi connectivity index (χ0n) is 17.8. The summed E-state index contributed by atoms with van der Waals surface area (Å²) in [6.07, 6.45) is 0. The van der Waals surface area contributed by atoms with Crippen LogP contribution in [0.15, 0.2) is 59.0 Å². The smallest absolute Gasteiger partial charge is 0.295 e. The number of sulfonamides is 1. The van der Waals surface area contributed by atoms with Crippen LogP contribution in [-0.4, -0.2) is 68.8 Å². The van der Waals surface area contributed by atoms with Crippen LogP contribution in [0.5, 0.6) is 0 Å². The zero-order valence-corrected chi connectivity index (χ0v) is 18.6. The number of aliphatic hydroxyl groups is 1. The minimum Gasteiger partial charge on any atom is -0.507 e. The molecular formula is C22H23FN2O6S. The molecule has 0 bridgehead atoms. The van der Waals surface area contributed by atoms with Gasteiger partial charge in [-0.25, -0.2) is 17.1 Å². The van der Waals surface area contributed by atoms with Gasteiger partial charge < -0.3 is 14.7 Å². The van der Waals surface area contributed by atoms with E-state index in [1.807, 2.05) is 0 Å². The van der Waals surface area contributed by atoms with Crippen molar-refractivity contribution in [1.29, 1.82) is 0 Å². The summed E-state index contributed by atoms with van der Waals surface area (Å²) in [7, 11) is 0.566. The number of methoxy groups -OCH3 is 1. The Morgan fingerprint density at radius 2 is 1.69 bits per heavy atom. The minimum atomic E-state index is -3.68. The SMILES string of the molecule is COCCN1C(=O)C(=O)/C(=C(/O)c2ccc(S(=O)(=O)N(C)C)cc2)C1c1ccc(F)cc1.